The van der Waals surface area contributed by atoms with E-state index in [-0.39, 0.29) is 11.5 Å². The molecule has 84 valence electrons. The van der Waals surface area contributed by atoms with Gasteiger partial charge in [-0.2, -0.15) is 0 Å². The lowest BCUT2D eigenvalue weighted by atomic mass is 9.89. The van der Waals surface area contributed by atoms with Gasteiger partial charge in [-0.25, -0.2) is 0 Å². The fourth-order valence-electron chi connectivity index (χ4n) is 1.43. The van der Waals surface area contributed by atoms with Crippen molar-refractivity contribution in [2.75, 3.05) is 6.54 Å². The molecule has 1 aromatic rings. The van der Waals surface area contributed by atoms with Crippen LogP contribution in [0.3, 0.4) is 0 Å². The number of nitrogens with two attached hydrogens (primary N) is 1. The summed E-state index contributed by atoms with van der Waals surface area (Å²) in [5.41, 5.74) is 6.99. The maximum absolute atomic E-state index is 5.88. The van der Waals surface area contributed by atoms with Gasteiger partial charge in [-0.3, -0.25) is 0 Å². The van der Waals surface area contributed by atoms with Crippen LogP contribution in [0.4, 0.5) is 0 Å². The zero-order valence-electron chi connectivity index (χ0n) is 10.1. The smallest absolute Gasteiger partial charge is 0.120 e. The highest BCUT2D eigenvalue weighted by atomic mass is 16.5. The molecule has 0 spiro atoms. The molecule has 1 atom stereocenters. The topological polar surface area (TPSA) is 35.2 Å². The molecule has 1 rings (SSSR count). The number of ether oxygens (including phenoxy) is 1. The van der Waals surface area contributed by atoms with Crippen molar-refractivity contribution in [1.29, 1.82) is 0 Å². The van der Waals surface area contributed by atoms with Gasteiger partial charge < -0.3 is 10.5 Å². The van der Waals surface area contributed by atoms with Crippen molar-refractivity contribution >= 4 is 0 Å². The van der Waals surface area contributed by atoms with Crippen molar-refractivity contribution in [3.63, 3.8) is 0 Å². The number of benzene rings is 1. The van der Waals surface area contributed by atoms with Crippen LogP contribution in [0.5, 0.6) is 5.75 Å². The Morgan fingerprint density at radius 2 is 2.00 bits per heavy atom. The van der Waals surface area contributed by atoms with Crippen molar-refractivity contribution < 1.29 is 4.74 Å². The molecule has 0 bridgehead atoms. The summed E-state index contributed by atoms with van der Waals surface area (Å²) in [5.74, 6) is 0.903. The Morgan fingerprint density at radius 1 is 1.33 bits per heavy atom. The van der Waals surface area contributed by atoms with Crippen LogP contribution in [0.1, 0.15) is 26.3 Å². The fraction of sp³-hybridized carbons (Fsp3) is 0.538. The molecule has 0 aliphatic carbocycles. The molecule has 2 nitrogen and oxygen atoms in total. The van der Waals surface area contributed by atoms with Crippen molar-refractivity contribution in [2.45, 2.75) is 33.8 Å². The molecule has 0 aliphatic rings. The van der Waals surface area contributed by atoms with Gasteiger partial charge in [0, 0.05) is 12.0 Å². The van der Waals surface area contributed by atoms with E-state index in [4.69, 9.17) is 10.5 Å². The average molecular weight is 207 g/mol. The third kappa shape index (κ3) is 3.56. The van der Waals surface area contributed by atoms with Gasteiger partial charge >= 0.3 is 0 Å². The second-order valence-corrected chi connectivity index (χ2v) is 5.02. The minimum atomic E-state index is 0.0549. The SMILES string of the molecule is Cc1cccc(OC(CN)C(C)(C)C)c1. The van der Waals surface area contributed by atoms with E-state index in [0.717, 1.165) is 5.75 Å². The molecule has 1 aromatic carbocycles. The maximum atomic E-state index is 5.88. The zero-order valence-corrected chi connectivity index (χ0v) is 10.1. The van der Waals surface area contributed by atoms with Gasteiger partial charge in [-0.15, -0.1) is 0 Å². The van der Waals surface area contributed by atoms with Crippen LogP contribution in [0, 0.1) is 12.3 Å². The minimum Gasteiger partial charge on any atom is -0.489 e. The first-order valence-electron chi connectivity index (χ1n) is 5.37. The Kier molecular flexibility index (Phi) is 3.75. The Labute approximate surface area is 92.4 Å². The zero-order chi connectivity index (χ0) is 11.5. The van der Waals surface area contributed by atoms with Gasteiger partial charge in [0.05, 0.1) is 0 Å². The summed E-state index contributed by atoms with van der Waals surface area (Å²) >= 11 is 0. The van der Waals surface area contributed by atoms with Gasteiger partial charge in [0.2, 0.25) is 0 Å². The van der Waals surface area contributed by atoms with Crippen LogP contribution in [-0.2, 0) is 0 Å². The molecule has 0 heterocycles. The number of hydrogen-bond donors (Lipinski definition) is 1. The van der Waals surface area contributed by atoms with E-state index in [1.807, 2.05) is 18.2 Å². The first kappa shape index (κ1) is 12.1. The highest BCUT2D eigenvalue weighted by molar-refractivity contribution is 5.27. The molecular formula is C13H21NO. The summed E-state index contributed by atoms with van der Waals surface area (Å²) in [6.45, 7) is 9.01. The third-order valence-corrected chi connectivity index (χ3v) is 2.45. The summed E-state index contributed by atoms with van der Waals surface area (Å²) in [4.78, 5) is 0. The molecular weight excluding hydrogens is 186 g/mol. The van der Waals surface area contributed by atoms with E-state index >= 15 is 0 Å². The van der Waals surface area contributed by atoms with Crippen LogP contribution >= 0.6 is 0 Å². The van der Waals surface area contributed by atoms with E-state index in [9.17, 15) is 0 Å². The van der Waals surface area contributed by atoms with E-state index < -0.39 is 0 Å². The third-order valence-electron chi connectivity index (χ3n) is 2.45. The van der Waals surface area contributed by atoms with Crippen molar-refractivity contribution in [2.24, 2.45) is 11.1 Å². The Morgan fingerprint density at radius 3 is 2.47 bits per heavy atom. The molecule has 1 unspecified atom stereocenters. The second-order valence-electron chi connectivity index (χ2n) is 5.02. The van der Waals surface area contributed by atoms with E-state index in [0.29, 0.717) is 6.54 Å². The summed E-state index contributed by atoms with van der Waals surface area (Å²) in [6, 6.07) is 8.07. The molecule has 0 radical (unpaired) electrons. The first-order chi connectivity index (χ1) is 6.93. The molecule has 0 fully saturated rings. The summed E-state index contributed by atoms with van der Waals surface area (Å²) in [6.07, 6.45) is 0.0549. The van der Waals surface area contributed by atoms with E-state index in [2.05, 4.69) is 33.8 Å². The molecule has 0 amide bonds. The standard InChI is InChI=1S/C13H21NO/c1-10-6-5-7-11(8-10)15-12(9-14)13(2,3)4/h5-8,12H,9,14H2,1-4H3. The maximum Gasteiger partial charge on any atom is 0.120 e. The lowest BCUT2D eigenvalue weighted by Crippen LogP contribution is -2.38. The van der Waals surface area contributed by atoms with Crippen LogP contribution in [0.15, 0.2) is 24.3 Å². The predicted molar refractivity (Wildman–Crippen MR) is 64.1 cm³/mol. The molecule has 15 heavy (non-hydrogen) atoms. The predicted octanol–water partition coefficient (Wildman–Crippen LogP) is 2.75. The number of aryl methyl sites for hydroxylation is 1. The van der Waals surface area contributed by atoms with Crippen LogP contribution < -0.4 is 10.5 Å². The number of rotatable bonds is 3. The van der Waals surface area contributed by atoms with Crippen molar-refractivity contribution in [3.8, 4) is 5.75 Å². The summed E-state index contributed by atoms with van der Waals surface area (Å²) < 4.78 is 5.88. The summed E-state index contributed by atoms with van der Waals surface area (Å²) in [5, 5.41) is 0. The highest BCUT2D eigenvalue weighted by Gasteiger charge is 2.24. The lowest BCUT2D eigenvalue weighted by molar-refractivity contribution is 0.0941. The van der Waals surface area contributed by atoms with Gasteiger partial charge in [-0.1, -0.05) is 32.9 Å². The van der Waals surface area contributed by atoms with Gasteiger partial charge in [0.15, 0.2) is 0 Å². The van der Waals surface area contributed by atoms with Crippen molar-refractivity contribution in [3.05, 3.63) is 29.8 Å². The molecule has 0 saturated carbocycles. The monoisotopic (exact) mass is 207 g/mol. The van der Waals surface area contributed by atoms with E-state index in [1.165, 1.54) is 5.56 Å². The average Bonchev–Trinajstić information content (AvgIpc) is 2.12. The van der Waals surface area contributed by atoms with E-state index in [1.54, 1.807) is 0 Å². The quantitative estimate of drug-likeness (QED) is 0.827. The largest absolute Gasteiger partial charge is 0.489 e. The highest BCUT2D eigenvalue weighted by Crippen LogP contribution is 2.24. The molecule has 0 saturated heterocycles. The van der Waals surface area contributed by atoms with Gasteiger partial charge in [-0.05, 0) is 24.6 Å². The van der Waals surface area contributed by atoms with Crippen molar-refractivity contribution in [1.82, 2.24) is 0 Å². The van der Waals surface area contributed by atoms with Gasteiger partial charge in [0.25, 0.3) is 0 Å². The van der Waals surface area contributed by atoms with Crippen LogP contribution in [-0.4, -0.2) is 12.6 Å². The van der Waals surface area contributed by atoms with Gasteiger partial charge in [0.1, 0.15) is 11.9 Å². The normalized spacial score (nSPS) is 13.7. The molecule has 2 N–H and O–H groups in total. The molecule has 0 aromatic heterocycles. The fourth-order valence-corrected chi connectivity index (χ4v) is 1.43. The molecule has 2 heteroatoms. The number of hydrogen-bond acceptors (Lipinski definition) is 2. The van der Waals surface area contributed by atoms with Crippen LogP contribution in [0.2, 0.25) is 0 Å². The second kappa shape index (κ2) is 4.67. The van der Waals surface area contributed by atoms with Crippen LogP contribution in [0.25, 0.3) is 0 Å². The lowest BCUT2D eigenvalue weighted by Gasteiger charge is -2.30. The minimum absolute atomic E-state index is 0.0549. The summed E-state index contributed by atoms with van der Waals surface area (Å²) in [7, 11) is 0. The Hall–Kier alpha value is -1.02. The first-order valence-corrected chi connectivity index (χ1v) is 5.37. The Bertz CT molecular complexity index is 315. The molecule has 0 aliphatic heterocycles. The Balaban J connectivity index is 2.76.